The molecule has 1 heterocycles. The summed E-state index contributed by atoms with van der Waals surface area (Å²) in [6, 6.07) is 7.71. The highest BCUT2D eigenvalue weighted by Gasteiger charge is 2.38. The van der Waals surface area contributed by atoms with Gasteiger partial charge in [0.25, 0.3) is 0 Å². The van der Waals surface area contributed by atoms with E-state index >= 15 is 0 Å². The summed E-state index contributed by atoms with van der Waals surface area (Å²) in [5.74, 6) is 0.370. The Morgan fingerprint density at radius 2 is 1.87 bits per heavy atom. The average molecular weight is 314 g/mol. The third-order valence-corrected chi connectivity index (χ3v) is 5.31. The fraction of sp³-hybridized carbons (Fsp3) is 0.579. The van der Waals surface area contributed by atoms with Gasteiger partial charge in [0.2, 0.25) is 11.8 Å². The van der Waals surface area contributed by atoms with Gasteiger partial charge in [0, 0.05) is 24.7 Å². The molecule has 4 nitrogen and oxygen atoms in total. The van der Waals surface area contributed by atoms with Gasteiger partial charge >= 0.3 is 0 Å². The standard InChI is InChI=1S/C19H26N2O2/c1-3-15-8-6-7-11-17(15)21-13-12-20(14(2)18(21)22)19(23)16-9-4-5-10-16/h6-8,11,14,16H,3-5,9-10,12-13H2,1-2H3. The first-order chi connectivity index (χ1) is 11.1. The second kappa shape index (κ2) is 6.73. The second-order valence-corrected chi connectivity index (χ2v) is 6.66. The van der Waals surface area contributed by atoms with Crippen LogP contribution >= 0.6 is 0 Å². The summed E-state index contributed by atoms with van der Waals surface area (Å²) >= 11 is 0. The Labute approximate surface area is 138 Å². The Kier molecular flexibility index (Phi) is 4.69. The molecule has 1 aromatic carbocycles. The predicted molar refractivity (Wildman–Crippen MR) is 91.3 cm³/mol. The van der Waals surface area contributed by atoms with Gasteiger partial charge in [-0.2, -0.15) is 0 Å². The number of hydrogen-bond donors (Lipinski definition) is 0. The van der Waals surface area contributed by atoms with Crippen LogP contribution in [0.5, 0.6) is 0 Å². The lowest BCUT2D eigenvalue weighted by Crippen LogP contribution is -2.58. The predicted octanol–water partition coefficient (Wildman–Crippen LogP) is 3.00. The zero-order valence-corrected chi connectivity index (χ0v) is 14.1. The van der Waals surface area contributed by atoms with Crippen LogP contribution in [0.15, 0.2) is 24.3 Å². The van der Waals surface area contributed by atoms with E-state index in [1.807, 2.05) is 34.9 Å². The number of aryl methyl sites for hydroxylation is 1. The van der Waals surface area contributed by atoms with E-state index in [0.29, 0.717) is 13.1 Å². The first-order valence-electron chi connectivity index (χ1n) is 8.83. The van der Waals surface area contributed by atoms with Crippen molar-refractivity contribution in [2.24, 2.45) is 5.92 Å². The molecule has 3 rings (SSSR count). The molecule has 0 radical (unpaired) electrons. The van der Waals surface area contributed by atoms with E-state index < -0.39 is 0 Å². The smallest absolute Gasteiger partial charge is 0.249 e. The van der Waals surface area contributed by atoms with Crippen LogP contribution in [0.3, 0.4) is 0 Å². The summed E-state index contributed by atoms with van der Waals surface area (Å²) < 4.78 is 0. The third kappa shape index (κ3) is 2.99. The molecule has 2 fully saturated rings. The largest absolute Gasteiger partial charge is 0.329 e. The van der Waals surface area contributed by atoms with E-state index in [2.05, 4.69) is 13.0 Å². The molecule has 124 valence electrons. The molecule has 1 atom stereocenters. The molecule has 1 aromatic rings. The molecule has 1 aliphatic heterocycles. The topological polar surface area (TPSA) is 40.6 Å². The summed E-state index contributed by atoms with van der Waals surface area (Å²) in [5.41, 5.74) is 2.18. The van der Waals surface area contributed by atoms with Crippen LogP contribution in [-0.4, -0.2) is 35.8 Å². The monoisotopic (exact) mass is 314 g/mol. The van der Waals surface area contributed by atoms with Crippen LogP contribution in [-0.2, 0) is 16.0 Å². The van der Waals surface area contributed by atoms with E-state index in [4.69, 9.17) is 0 Å². The Hall–Kier alpha value is -1.84. The molecule has 1 unspecified atom stereocenters. The normalized spacial score (nSPS) is 22.7. The zero-order valence-electron chi connectivity index (χ0n) is 14.1. The Bertz CT molecular complexity index is 593. The van der Waals surface area contributed by atoms with Crippen molar-refractivity contribution in [3.8, 4) is 0 Å². The van der Waals surface area contributed by atoms with Crippen molar-refractivity contribution in [1.29, 1.82) is 0 Å². The number of carbonyl (C=O) groups excluding carboxylic acids is 2. The van der Waals surface area contributed by atoms with E-state index in [9.17, 15) is 9.59 Å². The van der Waals surface area contributed by atoms with Gasteiger partial charge in [0.05, 0.1) is 0 Å². The molecule has 0 aromatic heterocycles. The second-order valence-electron chi connectivity index (χ2n) is 6.66. The van der Waals surface area contributed by atoms with Crippen LogP contribution in [0.25, 0.3) is 0 Å². The minimum atomic E-state index is -0.359. The first kappa shape index (κ1) is 16.0. The van der Waals surface area contributed by atoms with Crippen LogP contribution in [0.1, 0.15) is 45.1 Å². The molecule has 1 saturated carbocycles. The Balaban J connectivity index is 1.77. The van der Waals surface area contributed by atoms with Crippen molar-refractivity contribution in [3.63, 3.8) is 0 Å². The molecule has 2 amide bonds. The molecule has 2 aliphatic rings. The molecular weight excluding hydrogens is 288 g/mol. The van der Waals surface area contributed by atoms with Gasteiger partial charge in [0.15, 0.2) is 0 Å². The molecule has 4 heteroatoms. The molecule has 0 bridgehead atoms. The van der Waals surface area contributed by atoms with Gasteiger partial charge in [-0.1, -0.05) is 38.0 Å². The number of para-hydroxylation sites is 1. The van der Waals surface area contributed by atoms with E-state index in [0.717, 1.165) is 37.8 Å². The Morgan fingerprint density at radius 1 is 1.17 bits per heavy atom. The van der Waals surface area contributed by atoms with Gasteiger partial charge < -0.3 is 9.80 Å². The highest BCUT2D eigenvalue weighted by atomic mass is 16.2. The van der Waals surface area contributed by atoms with Crippen LogP contribution in [0, 0.1) is 5.92 Å². The number of amides is 2. The number of nitrogens with zero attached hydrogens (tertiary/aromatic N) is 2. The summed E-state index contributed by atoms with van der Waals surface area (Å²) in [7, 11) is 0. The number of benzene rings is 1. The average Bonchev–Trinajstić information content (AvgIpc) is 3.11. The van der Waals surface area contributed by atoms with Gasteiger partial charge in [-0.3, -0.25) is 9.59 Å². The van der Waals surface area contributed by atoms with Crippen molar-refractivity contribution < 1.29 is 9.59 Å². The van der Waals surface area contributed by atoms with Crippen LogP contribution in [0.4, 0.5) is 5.69 Å². The van der Waals surface area contributed by atoms with Crippen molar-refractivity contribution in [1.82, 2.24) is 4.90 Å². The van der Waals surface area contributed by atoms with E-state index in [1.54, 1.807) is 0 Å². The maximum absolute atomic E-state index is 12.9. The van der Waals surface area contributed by atoms with Gasteiger partial charge in [-0.05, 0) is 37.8 Å². The zero-order chi connectivity index (χ0) is 16.4. The highest BCUT2D eigenvalue weighted by Crippen LogP contribution is 2.30. The summed E-state index contributed by atoms with van der Waals surface area (Å²) in [6.07, 6.45) is 5.15. The van der Waals surface area contributed by atoms with Crippen molar-refractivity contribution in [3.05, 3.63) is 29.8 Å². The lowest BCUT2D eigenvalue weighted by Gasteiger charge is -2.40. The number of carbonyl (C=O) groups is 2. The lowest BCUT2D eigenvalue weighted by molar-refractivity contribution is -0.143. The summed E-state index contributed by atoms with van der Waals surface area (Å²) in [4.78, 5) is 29.2. The molecule has 0 N–H and O–H groups in total. The van der Waals surface area contributed by atoms with Crippen molar-refractivity contribution >= 4 is 17.5 Å². The first-order valence-corrected chi connectivity index (χ1v) is 8.83. The lowest BCUT2D eigenvalue weighted by atomic mass is 10.0. The quantitative estimate of drug-likeness (QED) is 0.860. The third-order valence-electron chi connectivity index (χ3n) is 5.31. The highest BCUT2D eigenvalue weighted by molar-refractivity contribution is 6.00. The van der Waals surface area contributed by atoms with Gasteiger partial charge in [-0.15, -0.1) is 0 Å². The van der Waals surface area contributed by atoms with E-state index in [-0.39, 0.29) is 23.8 Å². The fourth-order valence-corrected chi connectivity index (χ4v) is 3.89. The molecule has 23 heavy (non-hydrogen) atoms. The maximum atomic E-state index is 12.9. The minimum Gasteiger partial charge on any atom is -0.329 e. The molecule has 1 aliphatic carbocycles. The number of piperazine rings is 1. The van der Waals surface area contributed by atoms with Crippen LogP contribution < -0.4 is 4.90 Å². The molecular formula is C19H26N2O2. The SMILES string of the molecule is CCc1ccccc1N1CCN(C(=O)C2CCCC2)C(C)C1=O. The Morgan fingerprint density at radius 3 is 2.57 bits per heavy atom. The summed E-state index contributed by atoms with van der Waals surface area (Å²) in [5, 5.41) is 0. The molecule has 1 saturated heterocycles. The maximum Gasteiger partial charge on any atom is 0.249 e. The van der Waals surface area contributed by atoms with Crippen molar-refractivity contribution in [2.45, 2.75) is 52.0 Å². The van der Waals surface area contributed by atoms with E-state index in [1.165, 1.54) is 5.56 Å². The van der Waals surface area contributed by atoms with Crippen LogP contribution in [0.2, 0.25) is 0 Å². The van der Waals surface area contributed by atoms with Gasteiger partial charge in [0.1, 0.15) is 6.04 Å². The minimum absolute atomic E-state index is 0.0449. The number of anilines is 1. The number of hydrogen-bond acceptors (Lipinski definition) is 2. The number of rotatable bonds is 3. The van der Waals surface area contributed by atoms with Gasteiger partial charge in [-0.25, -0.2) is 0 Å². The summed E-state index contributed by atoms with van der Waals surface area (Å²) in [6.45, 7) is 5.21. The van der Waals surface area contributed by atoms with Crippen molar-refractivity contribution in [2.75, 3.05) is 18.0 Å². The fourth-order valence-electron chi connectivity index (χ4n) is 3.89. The molecule has 0 spiro atoms.